The van der Waals surface area contributed by atoms with Gasteiger partial charge in [0, 0.05) is 17.1 Å². The van der Waals surface area contributed by atoms with Gasteiger partial charge in [-0.2, -0.15) is 12.6 Å². The van der Waals surface area contributed by atoms with Gasteiger partial charge >= 0.3 is 0 Å². The Morgan fingerprint density at radius 3 is 2.64 bits per heavy atom. The average Bonchev–Trinajstić information content (AvgIpc) is 3.09. The number of hydrogen-bond acceptors (Lipinski definition) is 5. The Labute approximate surface area is 142 Å². The van der Waals surface area contributed by atoms with Gasteiger partial charge in [0.1, 0.15) is 0 Å². The first kappa shape index (κ1) is 17.9. The zero-order valence-corrected chi connectivity index (χ0v) is 14.3. The molecule has 122 valence electrons. The molecular formula is C17H24O3S2. The molecule has 2 N–H and O–H groups in total. The summed E-state index contributed by atoms with van der Waals surface area (Å²) in [6, 6.07) is 0. The average molecular weight is 341 g/mol. The number of aliphatic hydroxyl groups excluding tert-OH is 2. The maximum atomic E-state index is 12.3. The van der Waals surface area contributed by atoms with Crippen molar-refractivity contribution in [1.82, 2.24) is 0 Å². The van der Waals surface area contributed by atoms with E-state index < -0.39 is 12.2 Å². The molecule has 3 nitrogen and oxygen atoms in total. The van der Waals surface area contributed by atoms with Crippen LogP contribution in [-0.4, -0.2) is 39.0 Å². The van der Waals surface area contributed by atoms with Crippen molar-refractivity contribution in [3.8, 4) is 0 Å². The number of allylic oxidation sites excluding steroid dienone is 3. The lowest BCUT2D eigenvalue weighted by Crippen LogP contribution is -2.30. The number of hydrogen-bond donors (Lipinski definition) is 3. The van der Waals surface area contributed by atoms with Gasteiger partial charge in [-0.1, -0.05) is 30.0 Å². The molecule has 22 heavy (non-hydrogen) atoms. The van der Waals surface area contributed by atoms with Crippen LogP contribution in [0.2, 0.25) is 0 Å². The van der Waals surface area contributed by atoms with Gasteiger partial charge in [-0.05, 0) is 36.5 Å². The number of aliphatic hydroxyl groups is 2. The highest BCUT2D eigenvalue weighted by molar-refractivity contribution is 8.14. The lowest BCUT2D eigenvalue weighted by Gasteiger charge is -2.16. The monoisotopic (exact) mass is 340 g/mol. The predicted octanol–water partition coefficient (Wildman–Crippen LogP) is 2.47. The second kappa shape index (κ2) is 7.86. The van der Waals surface area contributed by atoms with Crippen LogP contribution in [0.5, 0.6) is 0 Å². The number of carbonyl (C=O) groups is 1. The normalized spacial score (nSPS) is 33.0. The van der Waals surface area contributed by atoms with E-state index in [-0.39, 0.29) is 16.6 Å². The van der Waals surface area contributed by atoms with Crippen LogP contribution >= 0.6 is 24.4 Å². The summed E-state index contributed by atoms with van der Waals surface area (Å²) in [5, 5.41) is 19.2. The second-order valence-corrected chi connectivity index (χ2v) is 7.45. The Balaban J connectivity index is 1.95. The fraction of sp³-hybridized carbons (Fsp3) is 0.588. The number of carbonyl (C=O) groups excluding carboxylic acids is 1. The molecule has 0 aliphatic heterocycles. The van der Waals surface area contributed by atoms with Crippen molar-refractivity contribution < 1.29 is 15.0 Å². The molecule has 2 aliphatic rings. The van der Waals surface area contributed by atoms with E-state index in [0.29, 0.717) is 23.7 Å². The van der Waals surface area contributed by atoms with Crippen LogP contribution in [0.3, 0.4) is 0 Å². The van der Waals surface area contributed by atoms with Gasteiger partial charge in [-0.25, -0.2) is 0 Å². The maximum absolute atomic E-state index is 12.3. The third-order valence-electron chi connectivity index (χ3n) is 4.82. The summed E-state index contributed by atoms with van der Waals surface area (Å²) in [7, 11) is 0. The fourth-order valence-electron chi connectivity index (χ4n) is 3.50. The highest BCUT2D eigenvalue weighted by atomic mass is 32.2. The van der Waals surface area contributed by atoms with Crippen molar-refractivity contribution in [3.05, 3.63) is 37.0 Å². The zero-order chi connectivity index (χ0) is 16.3. The van der Waals surface area contributed by atoms with Crippen molar-refractivity contribution in [2.45, 2.75) is 25.0 Å². The minimum absolute atomic E-state index is 0.00504. The Bertz CT molecular complexity index is 475. The van der Waals surface area contributed by atoms with E-state index in [9.17, 15) is 15.0 Å². The van der Waals surface area contributed by atoms with Gasteiger partial charge in [0.25, 0.3) is 0 Å². The maximum Gasteiger partial charge on any atom is 0.215 e. The minimum atomic E-state index is -0.921. The molecule has 0 aromatic carbocycles. The Hall–Kier alpha value is -0.490. The molecular weight excluding hydrogens is 316 g/mol. The van der Waals surface area contributed by atoms with Crippen LogP contribution in [0.4, 0.5) is 0 Å². The van der Waals surface area contributed by atoms with Crippen LogP contribution in [-0.2, 0) is 4.79 Å². The van der Waals surface area contributed by atoms with E-state index >= 15 is 0 Å². The van der Waals surface area contributed by atoms with Crippen LogP contribution in [0.25, 0.3) is 0 Å². The molecule has 1 saturated carbocycles. The highest BCUT2D eigenvalue weighted by Gasteiger charge is 2.44. The number of rotatable bonds is 7. The first-order valence-electron chi connectivity index (χ1n) is 7.61. The predicted molar refractivity (Wildman–Crippen MR) is 95.0 cm³/mol. The third kappa shape index (κ3) is 3.70. The van der Waals surface area contributed by atoms with Crippen LogP contribution < -0.4 is 0 Å². The Morgan fingerprint density at radius 2 is 2.05 bits per heavy atom. The summed E-state index contributed by atoms with van der Waals surface area (Å²) in [6.45, 7) is 7.82. The van der Waals surface area contributed by atoms with Crippen molar-refractivity contribution in [3.63, 3.8) is 0 Å². The van der Waals surface area contributed by atoms with Crippen molar-refractivity contribution >= 4 is 29.5 Å². The standard InChI is InChI=1S/C17H24O3S2/c1-3-10-5-11(4-2)14-7-12(6-13(10)14)17(20)22-9-16(19)15(18)8-21/h3-4,6,10-11,13-16,18-19,21H,1-2,5,7-9H2. The smallest absolute Gasteiger partial charge is 0.215 e. The first-order chi connectivity index (χ1) is 10.5. The molecule has 0 spiro atoms. The largest absolute Gasteiger partial charge is 0.390 e. The van der Waals surface area contributed by atoms with Crippen molar-refractivity contribution in [2.24, 2.45) is 23.7 Å². The number of fused-ring (bicyclic) bond motifs is 1. The second-order valence-electron chi connectivity index (χ2n) is 6.09. The molecule has 0 aromatic rings. The molecule has 1 fully saturated rings. The van der Waals surface area contributed by atoms with E-state index in [1.54, 1.807) is 0 Å². The molecule has 6 unspecified atom stereocenters. The van der Waals surface area contributed by atoms with E-state index in [0.717, 1.165) is 30.2 Å². The van der Waals surface area contributed by atoms with Crippen molar-refractivity contribution in [2.75, 3.05) is 11.5 Å². The summed E-state index contributed by atoms with van der Waals surface area (Å²) in [5.74, 6) is 2.07. The van der Waals surface area contributed by atoms with E-state index in [2.05, 4.69) is 31.9 Å². The molecule has 0 aromatic heterocycles. The molecule has 2 aliphatic carbocycles. The third-order valence-corrected chi connectivity index (χ3v) is 6.22. The van der Waals surface area contributed by atoms with Gasteiger partial charge in [0.2, 0.25) is 5.12 Å². The topological polar surface area (TPSA) is 57.5 Å². The fourth-order valence-corrected chi connectivity index (χ4v) is 4.62. The van der Waals surface area contributed by atoms with Gasteiger partial charge < -0.3 is 10.2 Å². The summed E-state index contributed by atoms with van der Waals surface area (Å²) >= 11 is 5.02. The molecule has 0 radical (unpaired) electrons. The van der Waals surface area contributed by atoms with Gasteiger partial charge in [0.15, 0.2) is 0 Å². The minimum Gasteiger partial charge on any atom is -0.390 e. The molecule has 6 atom stereocenters. The van der Waals surface area contributed by atoms with Crippen LogP contribution in [0, 0.1) is 23.7 Å². The first-order valence-corrected chi connectivity index (χ1v) is 9.23. The lowest BCUT2D eigenvalue weighted by atomic mass is 9.89. The summed E-state index contributed by atoms with van der Waals surface area (Å²) in [4.78, 5) is 12.3. The summed E-state index contributed by atoms with van der Waals surface area (Å²) < 4.78 is 0. The zero-order valence-electron chi connectivity index (χ0n) is 12.6. The van der Waals surface area contributed by atoms with Gasteiger partial charge in [-0.15, -0.1) is 13.2 Å². The molecule has 0 saturated heterocycles. The van der Waals surface area contributed by atoms with Crippen LogP contribution in [0.15, 0.2) is 37.0 Å². The molecule has 0 amide bonds. The Kier molecular flexibility index (Phi) is 6.38. The van der Waals surface area contributed by atoms with Gasteiger partial charge in [-0.3, -0.25) is 4.79 Å². The summed E-state index contributed by atoms with van der Waals surface area (Å²) in [6.07, 6.45) is 6.12. The highest BCUT2D eigenvalue weighted by Crippen LogP contribution is 2.51. The molecule has 2 rings (SSSR count). The van der Waals surface area contributed by atoms with E-state index in [1.807, 2.05) is 12.2 Å². The van der Waals surface area contributed by atoms with Crippen LogP contribution in [0.1, 0.15) is 12.8 Å². The number of thioether (sulfide) groups is 1. The molecule has 0 heterocycles. The molecule has 5 heteroatoms. The lowest BCUT2D eigenvalue weighted by molar-refractivity contribution is -0.108. The van der Waals surface area contributed by atoms with Gasteiger partial charge in [0.05, 0.1) is 12.2 Å². The van der Waals surface area contributed by atoms with E-state index in [1.165, 1.54) is 0 Å². The molecule has 0 bridgehead atoms. The van der Waals surface area contributed by atoms with Crippen molar-refractivity contribution in [1.29, 1.82) is 0 Å². The Morgan fingerprint density at radius 1 is 1.36 bits per heavy atom. The quantitative estimate of drug-likeness (QED) is 0.492. The summed E-state index contributed by atoms with van der Waals surface area (Å²) in [5.41, 5.74) is 0.839. The SMILES string of the molecule is C=CC1CC(C=C)C2CC(C(=O)SCC(O)C(O)CS)=CC12. The van der Waals surface area contributed by atoms with E-state index in [4.69, 9.17) is 0 Å². The number of thiol groups is 1.